The molecule has 0 radical (unpaired) electrons. The van der Waals surface area contributed by atoms with E-state index in [0.29, 0.717) is 87.3 Å². The number of H-pyrrole nitrogens is 1. The topological polar surface area (TPSA) is 685 Å². The normalized spacial score (nSPS) is 13.5. The van der Waals surface area contributed by atoms with Gasteiger partial charge >= 0.3 is 54.0 Å². The highest BCUT2D eigenvalue weighted by molar-refractivity contribution is 8.73. The van der Waals surface area contributed by atoms with E-state index in [9.17, 15) is 79.9 Å². The number of hydrogen-bond donors (Lipinski definition) is 4. The molecular weight excluding hydrogens is 2030 g/mol. The van der Waals surface area contributed by atoms with Gasteiger partial charge in [0.15, 0.2) is 89.8 Å². The van der Waals surface area contributed by atoms with Crippen molar-refractivity contribution in [2.24, 2.45) is 5.73 Å². The van der Waals surface area contributed by atoms with Gasteiger partial charge in [0.25, 0.3) is 11.0 Å². The van der Waals surface area contributed by atoms with Gasteiger partial charge in [0.05, 0.1) is 74.9 Å². The second kappa shape index (κ2) is 61.1. The van der Waals surface area contributed by atoms with Gasteiger partial charge < -0.3 is 96.9 Å². The van der Waals surface area contributed by atoms with Crippen molar-refractivity contribution in [1.82, 2.24) is 66.4 Å². The van der Waals surface area contributed by atoms with E-state index >= 15 is 0 Å². The Bertz CT molecular complexity index is 5440. The summed E-state index contributed by atoms with van der Waals surface area (Å²) in [6.07, 6.45) is -4.39. The molecule has 55 nitrogen and oxygen atoms in total. The number of carbonyl (C=O) groups excluding carboxylic acids is 7. The monoisotopic (exact) mass is 2130 g/mol. The number of aromatic nitrogens is 12. The van der Waals surface area contributed by atoms with Gasteiger partial charge in [-0.25, -0.2) is 70.2 Å². The summed E-state index contributed by atoms with van der Waals surface area (Å²) in [5.41, 5.74) is 8.84. The van der Waals surface area contributed by atoms with Gasteiger partial charge in [0.2, 0.25) is 8.87 Å². The number of nitrogens with two attached hydrogens (primary N) is 1. The van der Waals surface area contributed by atoms with Crippen molar-refractivity contribution in [1.29, 1.82) is 0 Å². The van der Waals surface area contributed by atoms with Crippen LogP contribution in [0.25, 0.3) is 44.1 Å². The van der Waals surface area contributed by atoms with E-state index in [2.05, 4.69) is 51.9 Å². The molecule has 0 fully saturated rings. The Labute approximate surface area is 792 Å². The van der Waals surface area contributed by atoms with Gasteiger partial charge in [-0.15, -0.1) is 15.3 Å². The third-order valence-electron chi connectivity index (χ3n) is 14.7. The van der Waals surface area contributed by atoms with E-state index in [-0.39, 0.29) is 103 Å². The van der Waals surface area contributed by atoms with Crippen LogP contribution >= 0.6 is 54.0 Å². The maximum Gasteiger partial charge on any atom is 0.537 e. The first-order valence-electron chi connectivity index (χ1n) is 38.2. The van der Waals surface area contributed by atoms with Crippen LogP contribution in [0.2, 0.25) is 0 Å². The van der Waals surface area contributed by atoms with Gasteiger partial charge in [-0.1, -0.05) is 77.4 Å². The minimum atomic E-state index is -3.48. The first-order chi connectivity index (χ1) is 63.5. The third kappa shape index (κ3) is 52.2. The second-order valence-corrected chi connectivity index (χ2v) is 50.4. The predicted molar refractivity (Wildman–Crippen MR) is 479 cm³/mol. The minimum absolute atomic E-state index is 0. The molecule has 4 aromatic heterocycles. The van der Waals surface area contributed by atoms with Gasteiger partial charge in [0, 0.05) is 66.1 Å². The highest BCUT2D eigenvalue weighted by Gasteiger charge is 2.26. The van der Waals surface area contributed by atoms with E-state index in [0.717, 1.165) is 61.5 Å². The van der Waals surface area contributed by atoms with Gasteiger partial charge in [0.1, 0.15) is 57.5 Å². The predicted octanol–water partition coefficient (Wildman–Crippen LogP) is 2.03. The molecule has 66 heteroatoms. The number of para-hydroxylation sites is 5. The molecule has 4 heterocycles. The average Bonchev–Trinajstić information content (AvgIpc) is 1.71. The number of esters is 2. The number of nitrogens with zero attached hydrogens (tertiary/aromatic N) is 11. The molecule has 8 unspecified atom stereocenters. The van der Waals surface area contributed by atoms with Crippen LogP contribution in [0.1, 0.15) is 47.5 Å². The zero-order valence-electron chi connectivity index (χ0n) is 72.2. The quantitative estimate of drug-likeness (QED) is 0.00805. The van der Waals surface area contributed by atoms with Gasteiger partial charge in [-0.3, -0.25) is 24.1 Å². The summed E-state index contributed by atoms with van der Waals surface area (Å²) in [5.74, 6) is -1.16. The van der Waals surface area contributed by atoms with Crippen LogP contribution < -0.4 is 40.0 Å². The Morgan fingerprint density at radius 3 is 1.26 bits per heavy atom. The zero-order chi connectivity index (χ0) is 98.1. The Morgan fingerprint density at radius 2 is 0.830 bits per heavy atom. The SMILES string of the molecule is C.CC(CC(=O)OCOCC(COCC(COCOC(=O)CCCSS(C)(=O)=O)OCOC(=O)NCCSS(C)(=O)=O)OCOC(=O)NC(C)SS(C)(=O)=O)SS(C)(=O)=O.CC(N)SS(C)(=O)=O.O=C(OCOCC(COCC(COCOS(=O)O[n+]1[nH]nc2ccccc21)OCOC(=O)On1nnc2ccccc21)OCOC(=O)On1nnc2ccccc21)On1nnc2ccccc21. The molecule has 0 saturated heterocycles. The van der Waals surface area contributed by atoms with E-state index in [1.807, 2.05) is 0 Å². The fraction of sp³-hybridized carbons (Fsp3) is 0.551. The molecule has 0 bridgehead atoms. The summed E-state index contributed by atoms with van der Waals surface area (Å²) in [4.78, 5) is 105. The molecular formula is C69H100N15O40S11+. The molecule has 4 aromatic carbocycles. The molecule has 0 spiro atoms. The molecule has 8 atom stereocenters. The maximum atomic E-state index is 12.5. The van der Waals surface area contributed by atoms with Crippen molar-refractivity contribution in [3.05, 3.63) is 97.1 Å². The lowest BCUT2D eigenvalue weighted by Crippen LogP contribution is -2.46. The van der Waals surface area contributed by atoms with Crippen molar-refractivity contribution in [2.75, 3.05) is 157 Å². The van der Waals surface area contributed by atoms with E-state index in [1.54, 1.807) is 104 Å². The molecule has 8 rings (SSSR count). The Hall–Kier alpha value is -9.26. The molecule has 5 N–H and O–H groups in total. The van der Waals surface area contributed by atoms with Crippen molar-refractivity contribution in [2.45, 2.75) is 87.9 Å². The molecule has 0 aliphatic rings. The zero-order valence-corrected chi connectivity index (χ0v) is 81.1. The van der Waals surface area contributed by atoms with Gasteiger partial charge in [-0.05, 0) is 144 Å². The van der Waals surface area contributed by atoms with E-state index < -0.39 is 188 Å². The average molecular weight is 2130 g/mol. The number of rotatable bonds is 60. The molecule has 2 amide bonds. The lowest BCUT2D eigenvalue weighted by molar-refractivity contribution is -0.883. The van der Waals surface area contributed by atoms with Crippen molar-refractivity contribution >= 4 is 196 Å². The van der Waals surface area contributed by atoms with Crippen LogP contribution in [0.5, 0.6) is 0 Å². The lowest BCUT2D eigenvalue weighted by atomic mass is 10.3. The first-order valence-corrected chi connectivity index (χ1v) is 55.9. The number of ether oxygens (including phenoxy) is 17. The lowest BCUT2D eigenvalue weighted by Gasteiger charge is -2.21. The Kier molecular flexibility index (Phi) is 52.6. The number of aromatic amines is 1. The largest absolute Gasteiger partial charge is 0.537 e. The van der Waals surface area contributed by atoms with Crippen molar-refractivity contribution in [3.63, 3.8) is 0 Å². The molecule has 0 saturated carbocycles. The van der Waals surface area contributed by atoms with Crippen LogP contribution in [0.4, 0.5) is 24.0 Å². The summed E-state index contributed by atoms with van der Waals surface area (Å²) in [6, 6.07) is 27.1. The fourth-order valence-corrected chi connectivity index (χ4v) is 20.7. The number of carbonyl (C=O) groups is 7. The van der Waals surface area contributed by atoms with E-state index in [1.165, 1.54) is 13.8 Å². The molecule has 135 heavy (non-hydrogen) atoms. The number of alkyl carbamates (subject to hydrolysis) is 2. The summed E-state index contributed by atoms with van der Waals surface area (Å²) in [5, 5.41) is 32.4. The molecule has 0 aliphatic heterocycles. The van der Waals surface area contributed by atoms with Crippen LogP contribution in [0, 0.1) is 0 Å². The van der Waals surface area contributed by atoms with Crippen LogP contribution in [0.15, 0.2) is 97.1 Å². The number of amides is 2. The Morgan fingerprint density at radius 1 is 0.452 bits per heavy atom. The number of fused-ring (bicyclic) bond motifs is 4. The van der Waals surface area contributed by atoms with Crippen molar-refractivity contribution in [3.8, 4) is 0 Å². The minimum Gasteiger partial charge on any atom is -0.438 e. The van der Waals surface area contributed by atoms with Crippen LogP contribution in [-0.4, -0.2) is 342 Å². The molecule has 756 valence electrons. The van der Waals surface area contributed by atoms with E-state index in [4.69, 9.17) is 109 Å². The standard InChI is InChI=1S/C37H34N12O17S.C28H52N2O21S8.C3H9NO2S2.CH4/c50-35(63-46-31-13-5-1-9-27(31)38-42-46)59-21-55-19-25(57-23-60-36(51)64-47-32-14-6-2-10-28(32)39-43-47)17-54-18-26(58-24-61-37(52)65-48-33-15-7-3-11-29(33)40-44-48)20-56-22-62-67(53)66-49-34-16-8-4-12-30(34)41-45-49;1-21(54-58(5,39)40)12-26(32)49-18-45-16-24(47-20-51-28(34)30-22(2)55-59(6,41)42)14-43-13-23(46-19-50-27(33)29-9-11-53-57(4,37)38)15-44-17-48-25(31)8-7-10-52-56(3,35)36;1-3(4)7-8(2,5)6;/h1-16,25-26H,17-24H2;21-24H,7-20H2,1-6H3,(H,29,33)(H,30,34);3H,4H2,1-2H3;1H4/p+1. The van der Waals surface area contributed by atoms with Crippen molar-refractivity contribution < 1.29 is 188 Å². The highest BCUT2D eigenvalue weighted by atomic mass is 33.2. The summed E-state index contributed by atoms with van der Waals surface area (Å²) in [6.45, 7) is -2.67. The summed E-state index contributed by atoms with van der Waals surface area (Å²) < 4.78 is 225. The maximum absolute atomic E-state index is 12.5. The van der Waals surface area contributed by atoms with Crippen LogP contribution in [-0.2, 0) is 150 Å². The fourth-order valence-electron chi connectivity index (χ4n) is 9.41. The highest BCUT2D eigenvalue weighted by Crippen LogP contribution is 2.22. The smallest absolute Gasteiger partial charge is 0.438 e. The first kappa shape index (κ1) is 116. The molecule has 0 aliphatic carbocycles. The molecule has 8 aromatic rings. The second-order valence-electron chi connectivity index (χ2n) is 26.2. The van der Waals surface area contributed by atoms with Crippen LogP contribution in [0.3, 0.4) is 0 Å². The summed E-state index contributed by atoms with van der Waals surface area (Å²) >= 11 is -2.35. The summed E-state index contributed by atoms with van der Waals surface area (Å²) in [7, 11) is -13.2. The number of nitrogens with one attached hydrogen (secondary N) is 3. The Balaban J connectivity index is 0.000000442. The van der Waals surface area contributed by atoms with Gasteiger partial charge in [-0.2, -0.15) is 8.49 Å². The number of hydrogen-bond acceptors (Lipinski definition) is 53. The number of benzene rings is 4. The third-order valence-corrected chi connectivity index (χ3v) is 28.6.